The van der Waals surface area contributed by atoms with Crippen LogP contribution in [0.4, 0.5) is 0 Å². The van der Waals surface area contributed by atoms with Crippen molar-refractivity contribution in [2.24, 2.45) is 4.99 Å². The van der Waals surface area contributed by atoms with Crippen LogP contribution in [0.2, 0.25) is 5.02 Å². The van der Waals surface area contributed by atoms with Gasteiger partial charge in [0.05, 0.1) is 6.54 Å². The minimum absolute atomic E-state index is 0.131. The minimum Gasteiger partial charge on any atom is -0.356 e. The van der Waals surface area contributed by atoms with E-state index in [0.717, 1.165) is 56.4 Å². The third kappa shape index (κ3) is 6.34. The number of aliphatic imine (C=N–C) groups is 1. The summed E-state index contributed by atoms with van der Waals surface area (Å²) in [5.41, 5.74) is 1.49. The lowest BCUT2D eigenvalue weighted by molar-refractivity contribution is -0.122. The zero-order valence-corrected chi connectivity index (χ0v) is 18.4. The van der Waals surface area contributed by atoms with E-state index in [-0.39, 0.29) is 11.3 Å². The predicted octanol–water partition coefficient (Wildman–Crippen LogP) is 2.53. The van der Waals surface area contributed by atoms with Crippen LogP contribution in [-0.4, -0.2) is 62.6 Å². The van der Waals surface area contributed by atoms with Crippen molar-refractivity contribution in [2.45, 2.75) is 50.5 Å². The van der Waals surface area contributed by atoms with Gasteiger partial charge in [-0.25, -0.2) is 0 Å². The molecule has 1 amide bonds. The van der Waals surface area contributed by atoms with E-state index in [1.807, 2.05) is 19.2 Å². The third-order valence-electron chi connectivity index (χ3n) is 5.98. The Bertz CT molecular complexity index is 711. The number of hydrogen-bond acceptors (Lipinski definition) is 3. The molecule has 1 aliphatic carbocycles. The van der Waals surface area contributed by atoms with E-state index in [4.69, 9.17) is 11.6 Å². The second-order valence-electron chi connectivity index (χ2n) is 8.26. The average Bonchev–Trinajstić information content (AvgIpc) is 3.52. The van der Waals surface area contributed by atoms with Crippen LogP contribution in [0.3, 0.4) is 0 Å². The van der Waals surface area contributed by atoms with Crippen molar-refractivity contribution in [1.29, 1.82) is 0 Å². The molecule has 0 bridgehead atoms. The molecule has 1 aromatic rings. The van der Waals surface area contributed by atoms with Gasteiger partial charge in [0.25, 0.3) is 0 Å². The van der Waals surface area contributed by atoms with E-state index in [1.54, 1.807) is 0 Å². The maximum absolute atomic E-state index is 11.9. The molecule has 1 saturated carbocycles. The molecule has 0 spiro atoms. The monoisotopic (exact) mass is 419 g/mol. The first kappa shape index (κ1) is 21.9. The summed E-state index contributed by atoms with van der Waals surface area (Å²) in [5, 5.41) is 10.8. The van der Waals surface area contributed by atoms with Crippen molar-refractivity contribution in [1.82, 2.24) is 20.9 Å². The van der Waals surface area contributed by atoms with E-state index in [9.17, 15) is 4.79 Å². The first-order chi connectivity index (χ1) is 14.0. The van der Waals surface area contributed by atoms with Crippen LogP contribution >= 0.6 is 11.6 Å². The smallest absolute Gasteiger partial charge is 0.234 e. The quantitative estimate of drug-likeness (QED) is 0.447. The third-order valence-corrected chi connectivity index (χ3v) is 6.21. The minimum atomic E-state index is 0.131. The Morgan fingerprint density at radius 1 is 1.28 bits per heavy atom. The standard InChI is InChI=1S/C22H34ClN5O/c1-3-11-25-20(29)15-28-12-7-19(8-13-28)27-21(24-2)26-16-22(9-10-22)17-5-4-6-18(23)14-17/h4-6,14,19H,3,7-13,15-16H2,1-2H3,(H,25,29)(H2,24,26,27). The summed E-state index contributed by atoms with van der Waals surface area (Å²) in [4.78, 5) is 18.5. The highest BCUT2D eigenvalue weighted by Gasteiger charge is 2.44. The van der Waals surface area contributed by atoms with Gasteiger partial charge in [-0.15, -0.1) is 0 Å². The molecule has 1 aliphatic heterocycles. The van der Waals surface area contributed by atoms with E-state index in [2.05, 4.69) is 44.9 Å². The molecule has 2 fully saturated rings. The topological polar surface area (TPSA) is 68.8 Å². The van der Waals surface area contributed by atoms with Gasteiger partial charge in [0.1, 0.15) is 0 Å². The molecular formula is C22H34ClN5O. The Balaban J connectivity index is 1.42. The van der Waals surface area contributed by atoms with Crippen LogP contribution in [0, 0.1) is 0 Å². The SMILES string of the molecule is CCCNC(=O)CN1CCC(NC(=NC)NCC2(c3cccc(Cl)c3)CC2)CC1. The second kappa shape index (κ2) is 10.3. The van der Waals surface area contributed by atoms with Crippen molar-refractivity contribution in [3.63, 3.8) is 0 Å². The lowest BCUT2D eigenvalue weighted by Crippen LogP contribution is -2.51. The van der Waals surface area contributed by atoms with Crippen molar-refractivity contribution < 1.29 is 4.79 Å². The predicted molar refractivity (Wildman–Crippen MR) is 120 cm³/mol. The van der Waals surface area contributed by atoms with Crippen LogP contribution in [0.1, 0.15) is 44.6 Å². The van der Waals surface area contributed by atoms with Crippen molar-refractivity contribution in [3.8, 4) is 0 Å². The molecule has 1 heterocycles. The number of nitrogens with one attached hydrogen (secondary N) is 3. The van der Waals surface area contributed by atoms with Crippen molar-refractivity contribution in [2.75, 3.05) is 39.8 Å². The Hall–Kier alpha value is -1.79. The van der Waals surface area contributed by atoms with Gasteiger partial charge in [-0.2, -0.15) is 0 Å². The number of likely N-dealkylation sites (tertiary alicyclic amines) is 1. The number of hydrogen-bond donors (Lipinski definition) is 3. The van der Waals surface area contributed by atoms with E-state index >= 15 is 0 Å². The van der Waals surface area contributed by atoms with Gasteiger partial charge in [0, 0.05) is 49.7 Å². The highest BCUT2D eigenvalue weighted by atomic mass is 35.5. The molecule has 160 valence electrons. The van der Waals surface area contributed by atoms with Gasteiger partial charge in [0.2, 0.25) is 5.91 Å². The van der Waals surface area contributed by atoms with Crippen LogP contribution in [-0.2, 0) is 10.2 Å². The fourth-order valence-electron chi connectivity index (χ4n) is 3.94. The highest BCUT2D eigenvalue weighted by Crippen LogP contribution is 2.48. The molecular weight excluding hydrogens is 386 g/mol. The molecule has 1 saturated heterocycles. The van der Waals surface area contributed by atoms with E-state index < -0.39 is 0 Å². The number of amides is 1. The number of piperidine rings is 1. The van der Waals surface area contributed by atoms with E-state index in [1.165, 1.54) is 18.4 Å². The van der Waals surface area contributed by atoms with Crippen molar-refractivity contribution >= 4 is 23.5 Å². The lowest BCUT2D eigenvalue weighted by atomic mass is 9.96. The fourth-order valence-corrected chi connectivity index (χ4v) is 4.13. The number of carbonyl (C=O) groups excluding carboxylic acids is 1. The number of nitrogens with zero attached hydrogens (tertiary/aromatic N) is 2. The van der Waals surface area contributed by atoms with Crippen molar-refractivity contribution in [3.05, 3.63) is 34.9 Å². The summed E-state index contributed by atoms with van der Waals surface area (Å²) in [6, 6.07) is 8.59. The molecule has 0 atom stereocenters. The number of carbonyl (C=O) groups is 1. The van der Waals surface area contributed by atoms with Gasteiger partial charge in [-0.05, 0) is 49.8 Å². The normalized spacial score (nSPS) is 19.6. The zero-order chi connectivity index (χ0) is 20.7. The summed E-state index contributed by atoms with van der Waals surface area (Å²) in [6.07, 6.45) is 5.36. The second-order valence-corrected chi connectivity index (χ2v) is 8.70. The molecule has 0 radical (unpaired) electrons. The van der Waals surface area contributed by atoms with Crippen LogP contribution in [0.5, 0.6) is 0 Å². The number of benzene rings is 1. The van der Waals surface area contributed by atoms with Crippen LogP contribution in [0.25, 0.3) is 0 Å². The zero-order valence-electron chi connectivity index (χ0n) is 17.6. The summed E-state index contributed by atoms with van der Waals surface area (Å²) >= 11 is 6.18. The maximum atomic E-state index is 11.9. The maximum Gasteiger partial charge on any atom is 0.234 e. The molecule has 7 heteroatoms. The molecule has 3 N–H and O–H groups in total. The lowest BCUT2D eigenvalue weighted by Gasteiger charge is -2.32. The molecule has 1 aromatic carbocycles. The number of rotatable bonds is 8. The Labute approximate surface area is 179 Å². The van der Waals surface area contributed by atoms with Gasteiger partial charge >= 0.3 is 0 Å². The number of halogens is 1. The molecule has 3 rings (SSSR count). The van der Waals surface area contributed by atoms with Gasteiger partial charge in [-0.3, -0.25) is 14.7 Å². The molecule has 29 heavy (non-hydrogen) atoms. The first-order valence-electron chi connectivity index (χ1n) is 10.8. The molecule has 6 nitrogen and oxygen atoms in total. The molecule has 2 aliphatic rings. The summed E-state index contributed by atoms with van der Waals surface area (Å²) in [7, 11) is 1.82. The summed E-state index contributed by atoms with van der Waals surface area (Å²) < 4.78 is 0. The highest BCUT2D eigenvalue weighted by molar-refractivity contribution is 6.30. The van der Waals surface area contributed by atoms with Crippen LogP contribution in [0.15, 0.2) is 29.3 Å². The summed E-state index contributed by atoms with van der Waals surface area (Å²) in [6.45, 7) is 6.06. The van der Waals surface area contributed by atoms with Gasteiger partial charge in [0.15, 0.2) is 5.96 Å². The number of guanidine groups is 1. The summed E-state index contributed by atoms with van der Waals surface area (Å²) in [5.74, 6) is 0.990. The van der Waals surface area contributed by atoms with Gasteiger partial charge in [-0.1, -0.05) is 30.7 Å². The first-order valence-corrected chi connectivity index (χ1v) is 11.1. The van der Waals surface area contributed by atoms with Crippen LogP contribution < -0.4 is 16.0 Å². The Morgan fingerprint density at radius 2 is 2.03 bits per heavy atom. The van der Waals surface area contributed by atoms with Gasteiger partial charge < -0.3 is 16.0 Å². The van der Waals surface area contributed by atoms with E-state index in [0.29, 0.717) is 12.6 Å². The average molecular weight is 420 g/mol. The Morgan fingerprint density at radius 3 is 2.66 bits per heavy atom. The Kier molecular flexibility index (Phi) is 7.78. The largest absolute Gasteiger partial charge is 0.356 e. The molecule has 0 aromatic heterocycles. The fraction of sp³-hybridized carbons (Fsp3) is 0.636. The molecule has 0 unspecified atom stereocenters.